The van der Waals surface area contributed by atoms with E-state index in [0.717, 1.165) is 66.3 Å². The quantitative estimate of drug-likeness (QED) is 0.0457. The second-order valence-corrected chi connectivity index (χ2v) is 28.0. The highest BCUT2D eigenvalue weighted by Gasteiger charge is 2.48. The molecule has 2 heterocycles. The highest BCUT2D eigenvalue weighted by Crippen LogP contribution is 2.36. The van der Waals surface area contributed by atoms with E-state index in [0.29, 0.717) is 17.9 Å². The van der Waals surface area contributed by atoms with Crippen molar-refractivity contribution in [1.29, 1.82) is 0 Å². The van der Waals surface area contributed by atoms with Crippen molar-refractivity contribution >= 4 is 47.3 Å². The molecule has 480 valence electrons. The second kappa shape index (κ2) is 28.5. The lowest BCUT2D eigenvalue weighted by molar-refractivity contribution is -0.148. The van der Waals surface area contributed by atoms with Crippen molar-refractivity contribution in [1.82, 2.24) is 52.3 Å². The number of amides is 8. The summed E-state index contributed by atoms with van der Waals surface area (Å²) in [5.41, 5.74) is 5.01. The number of aryl methyl sites for hydroxylation is 2. The van der Waals surface area contributed by atoms with Crippen LogP contribution in [0.5, 0.6) is 5.75 Å². The molecule has 1 saturated heterocycles. The van der Waals surface area contributed by atoms with E-state index < -0.39 is 82.3 Å². The molecule has 4 aromatic rings. The topological polar surface area (TPSA) is 249 Å². The number of hydrogen-bond acceptors (Lipinski definition) is 11. The van der Waals surface area contributed by atoms with Crippen LogP contribution in [0, 0.1) is 16.2 Å². The van der Waals surface area contributed by atoms with Crippen LogP contribution in [-0.2, 0) is 66.0 Å². The zero-order chi connectivity index (χ0) is 64.7. The van der Waals surface area contributed by atoms with Gasteiger partial charge in [-0.15, -0.1) is 0 Å². The van der Waals surface area contributed by atoms with E-state index in [1.54, 1.807) is 50.1 Å². The summed E-state index contributed by atoms with van der Waals surface area (Å²) >= 11 is 0. The number of benzene rings is 4. The minimum Gasteiger partial charge on any atom is -0.489 e. The fourth-order valence-electron chi connectivity index (χ4n) is 12.7. The molecule has 19 nitrogen and oxygen atoms in total. The highest BCUT2D eigenvalue weighted by atomic mass is 16.5. The number of hydrogen-bond donors (Lipinski definition) is 8. The molecular weight excluding hydrogens is 1120 g/mol. The minimum absolute atomic E-state index is 0.0493. The summed E-state index contributed by atoms with van der Waals surface area (Å²) in [6, 6.07) is 21.8. The molecule has 0 spiro atoms. The Labute approximate surface area is 526 Å². The Kier molecular flexibility index (Phi) is 21.5. The fraction of sp³-hybridized carbons (Fsp3) is 0.543. The molecule has 1 fully saturated rings. The average molecular weight is 1220 g/mol. The van der Waals surface area contributed by atoms with Crippen molar-refractivity contribution in [2.75, 3.05) is 20.1 Å². The number of likely N-dealkylation sites (tertiary alicyclic amines) is 1. The lowest BCUT2D eigenvalue weighted by Gasteiger charge is -2.42. The molecule has 8 rings (SSSR count). The number of ether oxygens (including phenoxy) is 1. The van der Waals surface area contributed by atoms with Crippen LogP contribution in [0.2, 0.25) is 0 Å². The van der Waals surface area contributed by atoms with Crippen LogP contribution >= 0.6 is 0 Å². The van der Waals surface area contributed by atoms with Crippen LogP contribution in [0.25, 0.3) is 0 Å². The van der Waals surface area contributed by atoms with Crippen molar-refractivity contribution in [2.24, 2.45) is 16.2 Å². The van der Waals surface area contributed by atoms with Gasteiger partial charge in [-0.2, -0.15) is 0 Å². The van der Waals surface area contributed by atoms with Gasteiger partial charge in [-0.3, -0.25) is 38.4 Å². The zero-order valence-corrected chi connectivity index (χ0v) is 54.5. The minimum atomic E-state index is -1.09. The van der Waals surface area contributed by atoms with Gasteiger partial charge in [0.25, 0.3) is 5.91 Å². The van der Waals surface area contributed by atoms with Gasteiger partial charge >= 0.3 is 0 Å². The summed E-state index contributed by atoms with van der Waals surface area (Å²) in [5.74, 6) is -2.51. The lowest BCUT2D eigenvalue weighted by Crippen LogP contribution is -2.64. The van der Waals surface area contributed by atoms with E-state index in [1.807, 2.05) is 124 Å². The molecule has 2 aliphatic heterocycles. The molecule has 0 aromatic heterocycles. The predicted molar refractivity (Wildman–Crippen MR) is 343 cm³/mol. The van der Waals surface area contributed by atoms with E-state index in [2.05, 4.69) is 54.7 Å². The van der Waals surface area contributed by atoms with Gasteiger partial charge < -0.3 is 57.1 Å². The number of carbonyl (C=O) groups excluding carboxylic acids is 8. The van der Waals surface area contributed by atoms with Crippen LogP contribution in [-0.4, -0.2) is 126 Å². The van der Waals surface area contributed by atoms with Crippen LogP contribution in [0.1, 0.15) is 177 Å². The van der Waals surface area contributed by atoms with E-state index in [1.165, 1.54) is 16.0 Å². The van der Waals surface area contributed by atoms with Gasteiger partial charge in [-0.25, -0.2) is 0 Å². The first-order chi connectivity index (χ1) is 42.1. The number of carbonyl (C=O) groups is 8. The lowest BCUT2D eigenvalue weighted by atomic mass is 9.82. The predicted octanol–water partition coefficient (Wildman–Crippen LogP) is 6.80. The van der Waals surface area contributed by atoms with Crippen molar-refractivity contribution in [3.63, 3.8) is 0 Å². The zero-order valence-electron chi connectivity index (χ0n) is 54.5. The van der Waals surface area contributed by atoms with Gasteiger partial charge in [0.15, 0.2) is 0 Å². The number of rotatable bonds is 20. The van der Waals surface area contributed by atoms with Gasteiger partial charge in [0.1, 0.15) is 42.6 Å². The Morgan fingerprint density at radius 2 is 1.09 bits per heavy atom. The Hall–Kier alpha value is -7.64. The molecule has 4 aliphatic rings. The molecule has 8 amide bonds. The molecular formula is C70H96N10O9. The van der Waals surface area contributed by atoms with E-state index in [4.69, 9.17) is 4.74 Å². The standard InChI is InChI=1S/C70H96N10O9/c1-14-72-42(3)61(82)76-57(68(4,5)6)65(86)78-59(70(10,11)12)66(87)79-38-48-35-50(34-33-47(48)36-55(79)63(84)74-53-27-19-23-44-21-15-17-25-51(44)53)89-40-43-29-31-46(32-30-43)62(83)73-49-37-56(64(85)75-54-28-20-24-45-22-16-18-26-52(45)54)80(39-49)67(88)58(69(7,8)9)77-60(81)41(2)71-13/h15-18,21-22,25-26,29-35,41-42,49,53-59,71-72H,14,19-20,23-24,27-28,36-40H2,1-13H3,(H,73,83)(H,74,84)(H,75,85)(H,76,82)(H,77,81)(H,78,86)/t41-,42-,49-,53+,54+,55-,56-,57?,58?,59+/m0/s1. The van der Waals surface area contributed by atoms with Crippen LogP contribution in [0.4, 0.5) is 0 Å². The van der Waals surface area contributed by atoms with Crippen LogP contribution in [0.3, 0.4) is 0 Å². The summed E-state index contributed by atoms with van der Waals surface area (Å²) < 4.78 is 6.39. The number of fused-ring (bicyclic) bond motifs is 3. The first-order valence-electron chi connectivity index (χ1n) is 31.9. The maximum absolute atomic E-state index is 15.4. The van der Waals surface area contributed by atoms with Gasteiger partial charge in [0, 0.05) is 31.1 Å². The molecule has 2 aliphatic carbocycles. The molecule has 89 heavy (non-hydrogen) atoms. The maximum atomic E-state index is 15.4. The molecule has 19 heteroatoms. The van der Waals surface area contributed by atoms with Crippen molar-refractivity contribution in [2.45, 2.75) is 208 Å². The maximum Gasteiger partial charge on any atom is 0.251 e. The van der Waals surface area contributed by atoms with E-state index in [-0.39, 0.29) is 74.2 Å². The van der Waals surface area contributed by atoms with Crippen molar-refractivity contribution < 1.29 is 43.1 Å². The summed E-state index contributed by atoms with van der Waals surface area (Å²) in [6.45, 7) is 22.9. The van der Waals surface area contributed by atoms with Gasteiger partial charge in [-0.05, 0) is 152 Å². The third-order valence-corrected chi connectivity index (χ3v) is 18.1. The Morgan fingerprint density at radius 1 is 0.573 bits per heavy atom. The Morgan fingerprint density at radius 3 is 1.64 bits per heavy atom. The Bertz CT molecular complexity index is 3240. The molecule has 4 aromatic carbocycles. The van der Waals surface area contributed by atoms with E-state index in [9.17, 15) is 33.6 Å². The molecule has 8 N–H and O–H groups in total. The summed E-state index contributed by atoms with van der Waals surface area (Å²) in [4.78, 5) is 118. The van der Waals surface area contributed by atoms with Gasteiger partial charge in [0.05, 0.1) is 24.2 Å². The first-order valence-corrected chi connectivity index (χ1v) is 31.9. The number of nitrogens with zero attached hydrogens (tertiary/aromatic N) is 2. The fourth-order valence-corrected chi connectivity index (χ4v) is 12.7. The Balaban J connectivity index is 0.978. The number of likely N-dealkylation sites (N-methyl/N-ethyl adjacent to an activating group) is 2. The molecule has 10 atom stereocenters. The summed E-state index contributed by atoms with van der Waals surface area (Å²) in [6.07, 6.45) is 5.53. The smallest absolute Gasteiger partial charge is 0.251 e. The molecule has 0 bridgehead atoms. The van der Waals surface area contributed by atoms with Crippen molar-refractivity contribution in [3.8, 4) is 5.75 Å². The third-order valence-electron chi connectivity index (χ3n) is 18.1. The molecule has 0 radical (unpaired) electrons. The van der Waals surface area contributed by atoms with Crippen LogP contribution < -0.4 is 47.3 Å². The van der Waals surface area contributed by atoms with E-state index >= 15 is 4.79 Å². The highest BCUT2D eigenvalue weighted by molar-refractivity contribution is 5.98. The molecule has 2 unspecified atom stereocenters. The largest absolute Gasteiger partial charge is 0.489 e. The van der Waals surface area contributed by atoms with Crippen LogP contribution in [0.15, 0.2) is 91.0 Å². The summed E-state index contributed by atoms with van der Waals surface area (Å²) in [7, 11) is 1.67. The first kappa shape index (κ1) is 67.3. The average Bonchev–Trinajstić information content (AvgIpc) is 1.75. The monoisotopic (exact) mass is 1220 g/mol. The second-order valence-electron chi connectivity index (χ2n) is 28.0. The van der Waals surface area contributed by atoms with Crippen molar-refractivity contribution in [3.05, 3.63) is 136 Å². The van der Waals surface area contributed by atoms with Gasteiger partial charge in [0.2, 0.25) is 41.4 Å². The SMILES string of the molecule is CCN[C@@H](C)C(=O)NC(C(=O)N[C@H](C(=O)N1Cc2cc(OCc3ccc(C(=O)N[C@H]4C[C@@H](C(=O)N[C@@H]5CCCc6ccccc65)N(C(=O)C(NC(=O)[C@H](C)NC)C(C)(C)C)C4)cc3)ccc2C[C@H]1C(=O)N[C@@H]1CCCc2ccccc21)C(C)(C)C)C(C)(C)C. The number of nitrogens with one attached hydrogen (secondary N) is 8. The third kappa shape index (κ3) is 16.4. The molecule has 0 saturated carbocycles. The van der Waals surface area contributed by atoms with Gasteiger partial charge in [-0.1, -0.05) is 136 Å². The summed E-state index contributed by atoms with van der Waals surface area (Å²) in [5, 5.41) is 24.6. The normalized spacial score (nSPS) is 20.8.